The Kier molecular flexibility index (Phi) is 6.66. The molecule has 1 atom stereocenters. The molecule has 0 unspecified atom stereocenters. The van der Waals surface area contributed by atoms with Gasteiger partial charge >= 0.3 is 5.97 Å². The summed E-state index contributed by atoms with van der Waals surface area (Å²) in [4.78, 5) is 30.7. The summed E-state index contributed by atoms with van der Waals surface area (Å²) in [6.45, 7) is 3.77. The minimum atomic E-state index is -3.58. The van der Waals surface area contributed by atoms with E-state index in [1.54, 1.807) is 17.9 Å². The molecule has 28 heavy (non-hydrogen) atoms. The topological polar surface area (TPSA) is 96.9 Å². The van der Waals surface area contributed by atoms with Crippen LogP contribution < -0.4 is 0 Å². The van der Waals surface area contributed by atoms with Crippen LogP contribution in [0.1, 0.15) is 32.6 Å². The predicted octanol–water partition coefficient (Wildman–Crippen LogP) is 1.28. The summed E-state index contributed by atoms with van der Waals surface area (Å²) >= 11 is 0. The molecule has 8 nitrogen and oxygen atoms in total. The molecular formula is C19H27N3O5S. The van der Waals surface area contributed by atoms with Crippen LogP contribution in [-0.4, -0.2) is 67.3 Å². The van der Waals surface area contributed by atoms with Gasteiger partial charge in [-0.1, -0.05) is 0 Å². The van der Waals surface area contributed by atoms with Crippen molar-refractivity contribution in [2.75, 3.05) is 32.8 Å². The lowest BCUT2D eigenvalue weighted by Crippen LogP contribution is -2.48. The number of amides is 1. The van der Waals surface area contributed by atoms with Gasteiger partial charge in [-0.2, -0.15) is 4.31 Å². The quantitative estimate of drug-likeness (QED) is 0.680. The van der Waals surface area contributed by atoms with Crippen LogP contribution >= 0.6 is 0 Å². The van der Waals surface area contributed by atoms with Crippen molar-refractivity contribution in [2.24, 2.45) is 11.8 Å². The number of pyridine rings is 1. The molecule has 1 aromatic rings. The highest BCUT2D eigenvalue weighted by Gasteiger charge is 2.36. The van der Waals surface area contributed by atoms with Crippen LogP contribution in [0.15, 0.2) is 29.4 Å². The third-order valence-corrected chi connectivity index (χ3v) is 7.31. The van der Waals surface area contributed by atoms with Crippen LogP contribution in [0.3, 0.4) is 0 Å². The fraction of sp³-hybridized carbons (Fsp3) is 0.632. The van der Waals surface area contributed by atoms with Crippen molar-refractivity contribution in [1.29, 1.82) is 0 Å². The third kappa shape index (κ3) is 4.52. The van der Waals surface area contributed by atoms with Crippen LogP contribution in [0.4, 0.5) is 0 Å². The van der Waals surface area contributed by atoms with E-state index in [1.165, 1.54) is 22.8 Å². The van der Waals surface area contributed by atoms with Gasteiger partial charge in [0.2, 0.25) is 15.9 Å². The number of piperidine rings is 2. The van der Waals surface area contributed by atoms with E-state index in [2.05, 4.69) is 4.98 Å². The monoisotopic (exact) mass is 409 g/mol. The zero-order valence-electron chi connectivity index (χ0n) is 16.1. The highest BCUT2D eigenvalue weighted by molar-refractivity contribution is 7.89. The molecule has 0 aromatic carbocycles. The molecule has 0 radical (unpaired) electrons. The molecule has 9 heteroatoms. The minimum Gasteiger partial charge on any atom is -0.466 e. The number of likely N-dealkylation sites (tertiary alicyclic amines) is 1. The van der Waals surface area contributed by atoms with E-state index in [4.69, 9.17) is 4.74 Å². The van der Waals surface area contributed by atoms with E-state index in [0.717, 1.165) is 12.8 Å². The second-order valence-electron chi connectivity index (χ2n) is 7.24. The SMILES string of the molecule is CCOC(=O)[C@H]1CCCN(C(=O)C2CCN(S(=O)(=O)c3cccnc3)CC2)C1. The molecule has 3 heterocycles. The Morgan fingerprint density at radius 2 is 1.93 bits per heavy atom. The number of sulfonamides is 1. The van der Waals surface area contributed by atoms with Gasteiger partial charge in [0.25, 0.3) is 0 Å². The number of esters is 1. The molecule has 3 rings (SSSR count). The molecule has 0 spiro atoms. The predicted molar refractivity (Wildman–Crippen MR) is 102 cm³/mol. The Bertz CT molecular complexity index is 791. The lowest BCUT2D eigenvalue weighted by Gasteiger charge is -2.36. The fourth-order valence-corrected chi connectivity index (χ4v) is 5.31. The van der Waals surface area contributed by atoms with Crippen molar-refractivity contribution < 1.29 is 22.7 Å². The molecule has 1 aromatic heterocycles. The Balaban J connectivity index is 1.57. The van der Waals surface area contributed by atoms with E-state index in [-0.39, 0.29) is 28.6 Å². The van der Waals surface area contributed by atoms with Crippen molar-refractivity contribution in [1.82, 2.24) is 14.2 Å². The highest BCUT2D eigenvalue weighted by Crippen LogP contribution is 2.27. The van der Waals surface area contributed by atoms with E-state index in [0.29, 0.717) is 45.6 Å². The molecule has 154 valence electrons. The minimum absolute atomic E-state index is 0.0208. The first-order valence-corrected chi connectivity index (χ1v) is 11.2. The number of carbonyl (C=O) groups excluding carboxylic acids is 2. The zero-order valence-corrected chi connectivity index (χ0v) is 16.9. The summed E-state index contributed by atoms with van der Waals surface area (Å²) in [7, 11) is -3.58. The normalized spacial score (nSPS) is 22.0. The van der Waals surface area contributed by atoms with Crippen LogP contribution in [0.2, 0.25) is 0 Å². The molecule has 0 bridgehead atoms. The summed E-state index contributed by atoms with van der Waals surface area (Å²) in [6, 6.07) is 3.13. The number of nitrogens with zero attached hydrogens (tertiary/aromatic N) is 3. The fourth-order valence-electron chi connectivity index (χ4n) is 3.88. The highest BCUT2D eigenvalue weighted by atomic mass is 32.2. The zero-order chi connectivity index (χ0) is 20.1. The van der Waals surface area contributed by atoms with Crippen molar-refractivity contribution in [2.45, 2.75) is 37.5 Å². The first kappa shape index (κ1) is 20.7. The summed E-state index contributed by atoms with van der Waals surface area (Å²) in [5, 5.41) is 0. The summed E-state index contributed by atoms with van der Waals surface area (Å²) in [6.07, 6.45) is 5.37. The van der Waals surface area contributed by atoms with E-state index >= 15 is 0 Å². The van der Waals surface area contributed by atoms with Gasteiger partial charge in [0.1, 0.15) is 4.90 Å². The first-order chi connectivity index (χ1) is 13.4. The van der Waals surface area contributed by atoms with Crippen molar-refractivity contribution in [3.8, 4) is 0 Å². The van der Waals surface area contributed by atoms with Crippen molar-refractivity contribution in [3.05, 3.63) is 24.5 Å². The molecule has 1 amide bonds. The Hall–Kier alpha value is -2.00. The Morgan fingerprint density at radius 3 is 2.57 bits per heavy atom. The van der Waals surface area contributed by atoms with Crippen LogP contribution in [0, 0.1) is 11.8 Å². The van der Waals surface area contributed by atoms with E-state index in [9.17, 15) is 18.0 Å². The standard InChI is InChI=1S/C19H27N3O5S/c1-2-27-19(24)16-5-4-10-21(14-16)18(23)15-7-11-22(12-8-15)28(25,26)17-6-3-9-20-13-17/h3,6,9,13,15-16H,2,4-5,7-8,10-12,14H2,1H3/t16-/m0/s1. The molecule has 0 aliphatic carbocycles. The molecule has 2 saturated heterocycles. The summed E-state index contributed by atoms with van der Waals surface area (Å²) in [5.41, 5.74) is 0. The van der Waals surface area contributed by atoms with Crippen molar-refractivity contribution >= 4 is 21.9 Å². The van der Waals surface area contributed by atoms with Gasteiger partial charge in [0.05, 0.1) is 12.5 Å². The summed E-state index contributed by atoms with van der Waals surface area (Å²) < 4.78 is 31.9. The second-order valence-corrected chi connectivity index (χ2v) is 9.18. The number of hydrogen-bond acceptors (Lipinski definition) is 6. The Morgan fingerprint density at radius 1 is 1.18 bits per heavy atom. The summed E-state index contributed by atoms with van der Waals surface area (Å²) in [5.74, 6) is -0.685. The number of rotatable bonds is 5. The van der Waals surface area contributed by atoms with Gasteiger partial charge in [0, 0.05) is 44.5 Å². The number of aromatic nitrogens is 1. The van der Waals surface area contributed by atoms with Crippen LogP contribution in [-0.2, 0) is 24.3 Å². The molecule has 2 aliphatic heterocycles. The number of carbonyl (C=O) groups is 2. The molecule has 2 fully saturated rings. The number of ether oxygens (including phenoxy) is 1. The van der Waals surface area contributed by atoms with E-state index in [1.807, 2.05) is 0 Å². The van der Waals surface area contributed by atoms with Gasteiger partial charge < -0.3 is 9.64 Å². The molecule has 2 aliphatic rings. The lowest BCUT2D eigenvalue weighted by molar-refractivity contribution is -0.152. The average Bonchev–Trinajstić information content (AvgIpc) is 2.74. The maximum atomic E-state index is 12.9. The van der Waals surface area contributed by atoms with Gasteiger partial charge in [-0.3, -0.25) is 14.6 Å². The molecule has 0 saturated carbocycles. The lowest BCUT2D eigenvalue weighted by atomic mass is 9.93. The number of hydrogen-bond donors (Lipinski definition) is 0. The maximum absolute atomic E-state index is 12.9. The molecular weight excluding hydrogens is 382 g/mol. The van der Waals surface area contributed by atoms with Gasteiger partial charge in [-0.05, 0) is 44.7 Å². The third-order valence-electron chi connectivity index (χ3n) is 5.43. The van der Waals surface area contributed by atoms with Crippen LogP contribution in [0.5, 0.6) is 0 Å². The second kappa shape index (κ2) is 9.00. The maximum Gasteiger partial charge on any atom is 0.310 e. The first-order valence-electron chi connectivity index (χ1n) is 9.79. The Labute approximate surface area is 165 Å². The van der Waals surface area contributed by atoms with E-state index < -0.39 is 10.0 Å². The van der Waals surface area contributed by atoms with Crippen LogP contribution in [0.25, 0.3) is 0 Å². The van der Waals surface area contributed by atoms with Gasteiger partial charge in [-0.25, -0.2) is 8.42 Å². The van der Waals surface area contributed by atoms with Crippen molar-refractivity contribution in [3.63, 3.8) is 0 Å². The smallest absolute Gasteiger partial charge is 0.310 e. The molecule has 0 N–H and O–H groups in total. The largest absolute Gasteiger partial charge is 0.466 e. The van der Waals surface area contributed by atoms with Gasteiger partial charge in [-0.15, -0.1) is 0 Å². The van der Waals surface area contributed by atoms with Gasteiger partial charge in [0.15, 0.2) is 0 Å². The average molecular weight is 410 g/mol.